The van der Waals surface area contributed by atoms with Gasteiger partial charge in [0.05, 0.1) is 12.3 Å². The smallest absolute Gasteiger partial charge is 0.324 e. The number of hydrogen-bond donors (Lipinski definition) is 0. The summed E-state index contributed by atoms with van der Waals surface area (Å²) in [6.07, 6.45) is 3.97. The van der Waals surface area contributed by atoms with Gasteiger partial charge in [-0.2, -0.15) is 4.98 Å². The van der Waals surface area contributed by atoms with E-state index in [0.29, 0.717) is 17.8 Å². The molecule has 1 unspecified atom stereocenters. The first-order chi connectivity index (χ1) is 17.4. The monoisotopic (exact) mass is 524 g/mol. The highest BCUT2D eigenvalue weighted by molar-refractivity contribution is 7.78. The van der Waals surface area contributed by atoms with Gasteiger partial charge in [0, 0.05) is 36.7 Å². The number of nitrogens with zero attached hydrogens (tertiary/aromatic N) is 5. The van der Waals surface area contributed by atoms with Crippen LogP contribution in [0.3, 0.4) is 0 Å². The summed E-state index contributed by atoms with van der Waals surface area (Å²) < 4.78 is 33.1. The van der Waals surface area contributed by atoms with Crippen molar-refractivity contribution in [2.45, 2.75) is 38.4 Å². The molecule has 3 aromatic heterocycles. The van der Waals surface area contributed by atoms with Crippen LogP contribution in [0, 0.1) is 0 Å². The minimum Gasteiger partial charge on any atom is -0.772 e. The molecule has 0 saturated heterocycles. The van der Waals surface area contributed by atoms with Gasteiger partial charge in [0.25, 0.3) is 5.19 Å². The zero-order valence-corrected chi connectivity index (χ0v) is 21.7. The fourth-order valence-electron chi connectivity index (χ4n) is 3.90. The summed E-state index contributed by atoms with van der Waals surface area (Å²) in [5.74, 6) is 0.990. The maximum absolute atomic E-state index is 10.9. The molecule has 0 aliphatic carbocycles. The Kier molecular flexibility index (Phi) is 7.40. The number of hydrogen-bond acceptors (Lipinski definition) is 10. The number of rotatable bonds is 9. The predicted molar refractivity (Wildman–Crippen MR) is 139 cm³/mol. The predicted octanol–water partition coefficient (Wildman–Crippen LogP) is 4.85. The number of fused-ring (bicyclic) bond motifs is 1. The molecule has 1 atom stereocenters. The van der Waals surface area contributed by atoms with Crippen LogP contribution in [0.5, 0.6) is 5.19 Å². The topological polar surface area (TPSA) is 117 Å². The summed E-state index contributed by atoms with van der Waals surface area (Å²) in [6.45, 7) is 6.24. The van der Waals surface area contributed by atoms with E-state index in [-0.39, 0.29) is 11.7 Å². The minimum absolute atomic E-state index is 0.00918. The fraction of sp³-hybridized carbons (Fsp3) is 0.360. The van der Waals surface area contributed by atoms with Crippen LogP contribution in [0.2, 0.25) is 0 Å². The Morgan fingerprint density at radius 1 is 1.17 bits per heavy atom. The summed E-state index contributed by atoms with van der Waals surface area (Å²) in [7, 11) is 0. The molecule has 0 amide bonds. The van der Waals surface area contributed by atoms with Crippen LogP contribution in [0.25, 0.3) is 21.6 Å². The van der Waals surface area contributed by atoms with E-state index in [2.05, 4.69) is 26.1 Å². The van der Waals surface area contributed by atoms with E-state index < -0.39 is 11.1 Å². The molecule has 0 spiro atoms. The van der Waals surface area contributed by atoms with Gasteiger partial charge in [0.15, 0.2) is 5.82 Å². The Bertz CT molecular complexity index is 1400. The lowest BCUT2D eigenvalue weighted by molar-refractivity contribution is 0.318. The lowest BCUT2D eigenvalue weighted by Crippen LogP contribution is -2.29. The standard InChI is InChI=1S/C25H27N5O4S2/c1-16(2)22-28-24(34-29-22)30-12-9-17(10-13-30)11-14-33-25-27-21-8-7-20(26-23(21)35-25)19-5-3-18(4-6-19)15-36(31)32/h3-9,16H,10-15H2,1-2H3,(H,31,32)/p-1. The van der Waals surface area contributed by atoms with Crippen LogP contribution < -0.4 is 9.64 Å². The van der Waals surface area contributed by atoms with Crippen LogP contribution in [-0.2, 0) is 16.8 Å². The van der Waals surface area contributed by atoms with E-state index in [1.54, 1.807) is 0 Å². The first-order valence-corrected chi connectivity index (χ1v) is 13.8. The van der Waals surface area contributed by atoms with E-state index in [1.165, 1.54) is 16.9 Å². The van der Waals surface area contributed by atoms with E-state index in [9.17, 15) is 8.76 Å². The van der Waals surface area contributed by atoms with Gasteiger partial charge in [-0.25, -0.2) is 9.97 Å². The van der Waals surface area contributed by atoms with Crippen molar-refractivity contribution in [2.75, 3.05) is 24.6 Å². The number of benzene rings is 1. The van der Waals surface area contributed by atoms with E-state index in [1.807, 2.05) is 50.2 Å². The van der Waals surface area contributed by atoms with Crippen molar-refractivity contribution in [1.82, 2.24) is 20.1 Å². The molecule has 5 rings (SSSR count). The van der Waals surface area contributed by atoms with E-state index >= 15 is 0 Å². The second kappa shape index (κ2) is 10.9. The first kappa shape index (κ1) is 24.5. The van der Waals surface area contributed by atoms with Gasteiger partial charge in [-0.05, 0) is 24.1 Å². The van der Waals surface area contributed by atoms with Crippen molar-refractivity contribution in [3.8, 4) is 16.5 Å². The van der Waals surface area contributed by atoms with Gasteiger partial charge in [-0.15, -0.1) is 0 Å². The maximum atomic E-state index is 10.9. The Morgan fingerprint density at radius 2 is 2.00 bits per heavy atom. The third-order valence-electron chi connectivity index (χ3n) is 5.94. The quantitative estimate of drug-likeness (QED) is 0.224. The molecule has 0 saturated carbocycles. The number of pyridine rings is 1. The van der Waals surface area contributed by atoms with Crippen molar-refractivity contribution in [3.05, 3.63) is 59.4 Å². The molecule has 1 aliphatic rings. The van der Waals surface area contributed by atoms with Gasteiger partial charge in [0.2, 0.25) is 0 Å². The lowest BCUT2D eigenvalue weighted by Gasteiger charge is -2.24. The molecule has 0 bridgehead atoms. The summed E-state index contributed by atoms with van der Waals surface area (Å²) >= 11 is -0.674. The van der Waals surface area contributed by atoms with Gasteiger partial charge in [-0.1, -0.05) is 77.3 Å². The number of ether oxygens (including phenoxy) is 1. The largest absolute Gasteiger partial charge is 0.772 e. The Hall–Kier alpha value is -3.15. The van der Waals surface area contributed by atoms with Gasteiger partial charge in [-0.3, -0.25) is 4.21 Å². The molecular weight excluding hydrogens is 498 g/mol. The van der Waals surface area contributed by atoms with Crippen LogP contribution in [0.15, 0.2) is 52.6 Å². The molecule has 0 fully saturated rings. The molecule has 9 nitrogen and oxygen atoms in total. The molecule has 1 aliphatic heterocycles. The van der Waals surface area contributed by atoms with Crippen molar-refractivity contribution in [1.29, 1.82) is 0 Å². The minimum atomic E-state index is -2.10. The second-order valence-corrected chi connectivity index (χ2v) is 10.7. The third kappa shape index (κ3) is 5.80. The summed E-state index contributed by atoms with van der Waals surface area (Å²) in [6, 6.07) is 11.8. The van der Waals surface area contributed by atoms with Crippen molar-refractivity contribution in [3.63, 3.8) is 0 Å². The van der Waals surface area contributed by atoms with Crippen molar-refractivity contribution in [2.24, 2.45) is 0 Å². The molecule has 188 valence electrons. The zero-order valence-electron chi connectivity index (χ0n) is 20.0. The summed E-state index contributed by atoms with van der Waals surface area (Å²) in [4.78, 5) is 16.7. The van der Waals surface area contributed by atoms with E-state index in [4.69, 9.17) is 14.2 Å². The molecule has 36 heavy (non-hydrogen) atoms. The van der Waals surface area contributed by atoms with Crippen LogP contribution in [0.4, 0.5) is 6.01 Å². The van der Waals surface area contributed by atoms with Gasteiger partial charge >= 0.3 is 6.01 Å². The molecule has 4 aromatic rings. The Labute approximate surface area is 215 Å². The Balaban J connectivity index is 1.16. The molecule has 4 heterocycles. The third-order valence-corrected chi connectivity index (χ3v) is 7.39. The second-order valence-electron chi connectivity index (χ2n) is 8.89. The maximum Gasteiger partial charge on any atom is 0.324 e. The van der Waals surface area contributed by atoms with Crippen LogP contribution >= 0.6 is 11.3 Å². The van der Waals surface area contributed by atoms with E-state index in [0.717, 1.165) is 58.9 Å². The Morgan fingerprint density at radius 3 is 2.69 bits per heavy atom. The van der Waals surface area contributed by atoms with Gasteiger partial charge in [0.1, 0.15) is 10.3 Å². The lowest BCUT2D eigenvalue weighted by atomic mass is 10.1. The summed E-state index contributed by atoms with van der Waals surface area (Å²) in [5.41, 5.74) is 4.63. The van der Waals surface area contributed by atoms with Crippen LogP contribution in [0.1, 0.15) is 44.0 Å². The molecule has 0 N–H and O–H groups in total. The van der Waals surface area contributed by atoms with Gasteiger partial charge < -0.3 is 18.7 Å². The molecule has 1 aromatic carbocycles. The normalized spacial score (nSPS) is 14.9. The zero-order chi connectivity index (χ0) is 25.1. The number of anilines is 1. The highest BCUT2D eigenvalue weighted by atomic mass is 32.2. The average Bonchev–Trinajstić information content (AvgIpc) is 3.52. The highest BCUT2D eigenvalue weighted by Crippen LogP contribution is 2.30. The number of thiazole rings is 1. The molecule has 11 heteroatoms. The fourth-order valence-corrected chi connectivity index (χ4v) is 5.18. The van der Waals surface area contributed by atoms with Crippen molar-refractivity contribution < 1.29 is 18.0 Å². The molecule has 0 radical (unpaired) electrons. The molecular formula is C25H26N5O4S2-. The average molecular weight is 525 g/mol. The SMILES string of the molecule is CC(C)c1noc(N2CC=C(CCOc3nc4ccc(-c5ccc(CS(=O)[O-])cc5)nc4s3)CC2)n1. The van der Waals surface area contributed by atoms with Crippen LogP contribution in [-0.4, -0.2) is 48.6 Å². The summed E-state index contributed by atoms with van der Waals surface area (Å²) in [5, 5.41) is 4.65. The van der Waals surface area contributed by atoms with Crippen molar-refractivity contribution >= 4 is 38.8 Å². The highest BCUT2D eigenvalue weighted by Gasteiger charge is 2.19. The first-order valence-electron chi connectivity index (χ1n) is 11.8. The number of aromatic nitrogens is 4.